The number of pyridine rings is 2. The summed E-state index contributed by atoms with van der Waals surface area (Å²) in [7, 11) is -1.51. The standard InChI is InChI=1S/C36H28N5O.C19H20NOSi.Ir/c1-19(2)31-25-13-8-6-11-23(25)24-12-7-9-14-26(24)33(31)41-32-21(4)38-20(3)17-30(32)40-35(41)28-16-10-15-27-29-18-37-22(5)39-36(29)42-34(27)28;1-14-10-11-18(21-14)16-12-17(15-8-6-5-7-9-15)20-13-19(16)22(2,3)4;/h6-15,17-19H,1-5H3;5-8,10-13H,1-4H3;/q2*-1;. The molecule has 10 heteroatoms. The number of fused-ring (bicyclic) bond motifs is 7. The van der Waals surface area contributed by atoms with Crippen LogP contribution in [0.25, 0.3) is 94.3 Å². The second-order valence-corrected chi connectivity index (χ2v) is 22.9. The van der Waals surface area contributed by atoms with Crippen LogP contribution in [0, 0.1) is 39.8 Å². The number of nitrogens with zero attached hydrogens (tertiary/aromatic N) is 6. The molecule has 5 aromatic carbocycles. The number of imidazole rings is 1. The third-order valence-corrected chi connectivity index (χ3v) is 13.9. The first-order chi connectivity index (χ1) is 30.9. The molecular weight excluding hydrogens is 997 g/mol. The summed E-state index contributed by atoms with van der Waals surface area (Å²) in [5.74, 6) is 3.52. The van der Waals surface area contributed by atoms with E-state index in [4.69, 9.17) is 18.8 Å². The van der Waals surface area contributed by atoms with Crippen molar-refractivity contribution in [2.75, 3.05) is 0 Å². The number of furan rings is 2. The summed E-state index contributed by atoms with van der Waals surface area (Å²) in [6, 6.07) is 44.3. The van der Waals surface area contributed by atoms with E-state index in [1.807, 2.05) is 81.7 Å². The fraction of sp³-hybridized carbons (Fsp3) is 0.182. The molecule has 0 atom stereocenters. The van der Waals surface area contributed by atoms with Gasteiger partial charge < -0.3 is 18.4 Å². The Balaban J connectivity index is 0.000000196. The predicted molar refractivity (Wildman–Crippen MR) is 263 cm³/mol. The average Bonchev–Trinajstić information content (AvgIpc) is 4.00. The van der Waals surface area contributed by atoms with Crippen molar-refractivity contribution in [2.24, 2.45) is 0 Å². The number of rotatable bonds is 6. The van der Waals surface area contributed by atoms with Crippen molar-refractivity contribution in [3.63, 3.8) is 0 Å². The molecule has 8 nitrogen and oxygen atoms in total. The predicted octanol–water partition coefficient (Wildman–Crippen LogP) is 13.6. The van der Waals surface area contributed by atoms with E-state index in [0.717, 1.165) is 78.6 Å². The zero-order valence-corrected chi connectivity index (χ0v) is 41.4. The number of aromatic nitrogens is 6. The van der Waals surface area contributed by atoms with Gasteiger partial charge in [-0.1, -0.05) is 99.0 Å². The molecule has 0 spiro atoms. The first-order valence-electron chi connectivity index (χ1n) is 21.8. The molecule has 6 heterocycles. The first-order valence-corrected chi connectivity index (χ1v) is 25.3. The van der Waals surface area contributed by atoms with E-state index in [9.17, 15) is 0 Å². The summed E-state index contributed by atoms with van der Waals surface area (Å²) in [6.45, 7) is 19.5. The molecular formula is C55H48IrN6O2Si-2. The van der Waals surface area contributed by atoms with Crippen LogP contribution < -0.4 is 5.19 Å². The molecule has 0 N–H and O–H groups in total. The van der Waals surface area contributed by atoms with Crippen molar-refractivity contribution < 1.29 is 28.9 Å². The Kier molecular flexibility index (Phi) is 11.5. The van der Waals surface area contributed by atoms with E-state index in [0.29, 0.717) is 17.1 Å². The van der Waals surface area contributed by atoms with E-state index >= 15 is 0 Å². The average molecular weight is 1050 g/mol. The van der Waals surface area contributed by atoms with Gasteiger partial charge in [0.1, 0.15) is 17.3 Å². The van der Waals surface area contributed by atoms with E-state index < -0.39 is 8.07 Å². The zero-order chi connectivity index (χ0) is 44.4. The normalized spacial score (nSPS) is 11.8. The molecule has 0 bridgehead atoms. The monoisotopic (exact) mass is 1050 g/mol. The Morgan fingerprint density at radius 1 is 0.662 bits per heavy atom. The van der Waals surface area contributed by atoms with Gasteiger partial charge in [0, 0.05) is 54.5 Å². The molecule has 0 aliphatic carbocycles. The third-order valence-electron chi connectivity index (χ3n) is 11.9. The molecule has 65 heavy (non-hydrogen) atoms. The second kappa shape index (κ2) is 17.1. The van der Waals surface area contributed by atoms with Crippen LogP contribution in [0.1, 0.15) is 48.3 Å². The fourth-order valence-corrected chi connectivity index (χ4v) is 10.6. The van der Waals surface area contributed by atoms with Gasteiger partial charge in [0.2, 0.25) is 5.71 Å². The zero-order valence-electron chi connectivity index (χ0n) is 38.0. The molecule has 325 valence electrons. The summed E-state index contributed by atoms with van der Waals surface area (Å²) >= 11 is 0. The molecule has 11 aromatic rings. The summed E-state index contributed by atoms with van der Waals surface area (Å²) in [6.07, 6.45) is 3.86. The summed E-state index contributed by atoms with van der Waals surface area (Å²) in [5.41, 5.74) is 11.3. The topological polar surface area (TPSA) is 95.7 Å². The van der Waals surface area contributed by atoms with Crippen LogP contribution in [-0.4, -0.2) is 37.6 Å². The van der Waals surface area contributed by atoms with Crippen LogP contribution >= 0.6 is 0 Å². The first kappa shape index (κ1) is 43.7. The second-order valence-electron chi connectivity index (χ2n) is 17.9. The molecule has 0 aliphatic heterocycles. The third kappa shape index (κ3) is 7.79. The minimum atomic E-state index is -1.51. The van der Waals surface area contributed by atoms with Gasteiger partial charge in [0.05, 0.1) is 41.9 Å². The molecule has 0 amide bonds. The van der Waals surface area contributed by atoms with E-state index in [2.05, 4.69) is 133 Å². The molecule has 0 saturated carbocycles. The van der Waals surface area contributed by atoms with Gasteiger partial charge in [0.15, 0.2) is 0 Å². The van der Waals surface area contributed by atoms with E-state index in [1.54, 1.807) is 0 Å². The molecule has 0 unspecified atom stereocenters. The van der Waals surface area contributed by atoms with Gasteiger partial charge in [-0.2, -0.15) is 4.98 Å². The number of hydrogen-bond donors (Lipinski definition) is 0. The van der Waals surface area contributed by atoms with E-state index in [-0.39, 0.29) is 26.0 Å². The van der Waals surface area contributed by atoms with Gasteiger partial charge in [-0.15, -0.1) is 54.1 Å². The molecule has 11 rings (SSSR count). The van der Waals surface area contributed by atoms with Crippen molar-refractivity contribution >= 4 is 67.9 Å². The number of hydrogen-bond acceptors (Lipinski definition) is 7. The van der Waals surface area contributed by atoms with Crippen LogP contribution in [-0.2, 0) is 20.1 Å². The maximum Gasteiger partial charge on any atom is 0.219 e. The molecule has 0 aliphatic rings. The van der Waals surface area contributed by atoms with Gasteiger partial charge in [-0.25, -0.2) is 4.98 Å². The maximum absolute atomic E-state index is 6.44. The minimum Gasteiger partial charge on any atom is -0.486 e. The number of aryl methyl sites for hydroxylation is 4. The Hall–Kier alpha value is -6.58. The summed E-state index contributed by atoms with van der Waals surface area (Å²) in [4.78, 5) is 23.9. The van der Waals surface area contributed by atoms with Gasteiger partial charge in [-0.05, 0) is 84.4 Å². The van der Waals surface area contributed by atoms with Crippen LogP contribution in [0.3, 0.4) is 0 Å². The Morgan fingerprint density at radius 3 is 2.08 bits per heavy atom. The van der Waals surface area contributed by atoms with Crippen LogP contribution in [0.4, 0.5) is 0 Å². The summed E-state index contributed by atoms with van der Waals surface area (Å²) < 4.78 is 14.6. The molecule has 6 aromatic heterocycles. The van der Waals surface area contributed by atoms with Gasteiger partial charge in [-0.3, -0.25) is 9.97 Å². The summed E-state index contributed by atoms with van der Waals surface area (Å²) in [5, 5.41) is 7.99. The Bertz CT molecular complexity index is 3580. The smallest absolute Gasteiger partial charge is 0.219 e. The minimum absolute atomic E-state index is 0. The molecule has 1 radical (unpaired) electrons. The van der Waals surface area contributed by atoms with E-state index in [1.165, 1.54) is 32.3 Å². The fourth-order valence-electron chi connectivity index (χ4n) is 9.11. The van der Waals surface area contributed by atoms with Crippen molar-refractivity contribution in [3.8, 4) is 39.7 Å². The molecule has 0 saturated heterocycles. The van der Waals surface area contributed by atoms with Crippen molar-refractivity contribution in [3.05, 3.63) is 162 Å². The van der Waals surface area contributed by atoms with Gasteiger partial charge >= 0.3 is 0 Å². The van der Waals surface area contributed by atoms with Gasteiger partial charge in [0.25, 0.3) is 0 Å². The van der Waals surface area contributed by atoms with Crippen LogP contribution in [0.2, 0.25) is 19.6 Å². The van der Waals surface area contributed by atoms with Crippen molar-refractivity contribution in [2.45, 2.75) is 67.1 Å². The maximum atomic E-state index is 6.44. The SMILES string of the molecule is Cc1cc2nc(-c3[c-]ccc4c3oc3nc(C)ncc34)n(-c3c(C(C)C)c4ccccc4c4ccccc34)c2c(C)n1.Cc1ccc(-c2cc(-c3[c-]cccc3)ncc2[Si](C)(C)C)o1.[Ir]. The molecule has 0 fully saturated rings. The van der Waals surface area contributed by atoms with Crippen LogP contribution in [0.5, 0.6) is 0 Å². The van der Waals surface area contributed by atoms with Crippen molar-refractivity contribution in [1.82, 2.24) is 29.5 Å². The Morgan fingerprint density at radius 2 is 1.38 bits per heavy atom. The quantitative estimate of drug-likeness (QED) is 0.0930. The largest absolute Gasteiger partial charge is 0.486 e. The van der Waals surface area contributed by atoms with Crippen molar-refractivity contribution in [1.29, 1.82) is 0 Å². The number of benzene rings is 5. The van der Waals surface area contributed by atoms with Crippen LogP contribution in [0.15, 0.2) is 130 Å². The Labute approximate surface area is 393 Å².